The minimum Gasteiger partial charge on any atom is -0.333 e. The van der Waals surface area contributed by atoms with E-state index in [0.717, 1.165) is 22.9 Å². The van der Waals surface area contributed by atoms with Crippen molar-refractivity contribution in [1.29, 1.82) is 5.26 Å². The molecule has 0 bridgehead atoms. The van der Waals surface area contributed by atoms with E-state index in [0.29, 0.717) is 5.56 Å². The first-order valence-corrected chi connectivity index (χ1v) is 19.0. The second-order valence-corrected chi connectivity index (χ2v) is 15.2. The number of nitriles is 1. The van der Waals surface area contributed by atoms with E-state index in [2.05, 4.69) is 183 Å². The minimum absolute atomic E-state index is 0.189. The summed E-state index contributed by atoms with van der Waals surface area (Å²) in [5, 5.41) is 22.3. The molecule has 4 heterocycles. The Kier molecular flexibility index (Phi) is 5.51. The predicted octanol–water partition coefficient (Wildman–Crippen LogP) is 12.9. The van der Waals surface area contributed by atoms with E-state index in [4.69, 9.17) is 0 Å². The molecule has 13 rings (SSSR count). The lowest BCUT2D eigenvalue weighted by Gasteiger charge is -2.23. The van der Waals surface area contributed by atoms with Crippen LogP contribution in [0.4, 0.5) is 0 Å². The molecule has 254 valence electrons. The predicted molar refractivity (Wildman–Crippen MR) is 229 cm³/mol. The molecule has 4 heteroatoms. The molecule has 8 aromatic carbocycles. The number of hydrogen-bond donors (Lipinski definition) is 0. The summed E-state index contributed by atoms with van der Waals surface area (Å²) in [7, 11) is 0. The van der Waals surface area contributed by atoms with Crippen molar-refractivity contribution in [3.63, 3.8) is 0 Å². The van der Waals surface area contributed by atoms with E-state index < -0.39 is 0 Å². The Hall–Kier alpha value is -7.35. The number of benzene rings is 8. The Labute approximate surface area is 314 Å². The quantitative estimate of drug-likeness (QED) is 0.177. The highest BCUT2D eigenvalue weighted by molar-refractivity contribution is 6.25. The Morgan fingerprint density at radius 1 is 0.491 bits per heavy atom. The molecule has 0 N–H and O–H groups in total. The van der Waals surface area contributed by atoms with E-state index in [1.807, 2.05) is 0 Å². The topological polar surface area (TPSA) is 38.1 Å². The standard InChI is InChI=1S/C51H30N4/c52-29-30-21-43-41-25-31-17-19-35(53-45-13-5-1-9-37(45)38-10-2-6-14-46(38)53)23-33(31)27-49(41)55-50-28-34-24-36(20-18-32(34)26-42(50)44(22-30)51(43)55)54-47-15-7-3-11-39(47)40-12-4-8-16-48(40)54/h1-23,25-28,36H,24H2. The molecule has 1 unspecified atom stereocenters. The molecule has 0 spiro atoms. The van der Waals surface area contributed by atoms with Gasteiger partial charge in [0.25, 0.3) is 0 Å². The molecule has 1 aliphatic rings. The molecule has 4 nitrogen and oxygen atoms in total. The number of hydrogen-bond acceptors (Lipinski definition) is 1. The van der Waals surface area contributed by atoms with Gasteiger partial charge in [-0.2, -0.15) is 5.26 Å². The molecule has 0 amide bonds. The Morgan fingerprint density at radius 2 is 1.07 bits per heavy atom. The summed E-state index contributed by atoms with van der Waals surface area (Å²) < 4.78 is 7.38. The zero-order valence-electron chi connectivity index (χ0n) is 29.7. The van der Waals surface area contributed by atoms with Crippen molar-refractivity contribution in [2.75, 3.05) is 0 Å². The molecule has 0 fully saturated rings. The molecular formula is C51H30N4. The van der Waals surface area contributed by atoms with Gasteiger partial charge in [-0.3, -0.25) is 0 Å². The van der Waals surface area contributed by atoms with Crippen molar-refractivity contribution in [2.24, 2.45) is 0 Å². The van der Waals surface area contributed by atoms with Crippen molar-refractivity contribution >= 4 is 98.6 Å². The third kappa shape index (κ3) is 3.79. The highest BCUT2D eigenvalue weighted by Crippen LogP contribution is 2.44. The van der Waals surface area contributed by atoms with Crippen molar-refractivity contribution in [3.8, 4) is 11.8 Å². The third-order valence-electron chi connectivity index (χ3n) is 12.4. The van der Waals surface area contributed by atoms with Crippen LogP contribution in [-0.4, -0.2) is 13.5 Å². The number of allylic oxidation sites excluding steroid dienone is 1. The number of nitrogens with zero attached hydrogens (tertiary/aromatic N) is 4. The molecule has 0 saturated heterocycles. The Bertz CT molecular complexity index is 3600. The fourth-order valence-corrected chi connectivity index (χ4v) is 10.1. The maximum atomic E-state index is 10.2. The van der Waals surface area contributed by atoms with Gasteiger partial charge in [-0.1, -0.05) is 91.0 Å². The average molecular weight is 699 g/mol. The van der Waals surface area contributed by atoms with E-state index in [9.17, 15) is 5.26 Å². The van der Waals surface area contributed by atoms with Crippen LogP contribution in [0.1, 0.15) is 22.7 Å². The van der Waals surface area contributed by atoms with E-state index in [1.165, 1.54) is 92.8 Å². The zero-order chi connectivity index (χ0) is 35.9. The van der Waals surface area contributed by atoms with Crippen LogP contribution >= 0.6 is 0 Å². The summed E-state index contributed by atoms with van der Waals surface area (Å²) in [6.45, 7) is 0. The van der Waals surface area contributed by atoms with Crippen molar-refractivity contribution in [1.82, 2.24) is 13.5 Å². The van der Waals surface area contributed by atoms with Crippen LogP contribution in [0.5, 0.6) is 0 Å². The first-order valence-electron chi connectivity index (χ1n) is 19.0. The summed E-state index contributed by atoms with van der Waals surface area (Å²) in [5.74, 6) is 0. The van der Waals surface area contributed by atoms with Crippen LogP contribution in [-0.2, 0) is 6.42 Å². The molecule has 1 aliphatic carbocycles. The summed E-state index contributed by atoms with van der Waals surface area (Å²) in [6, 6.07) is 58.1. The zero-order valence-corrected chi connectivity index (χ0v) is 29.7. The van der Waals surface area contributed by atoms with Crippen LogP contribution in [0.15, 0.2) is 158 Å². The van der Waals surface area contributed by atoms with Crippen molar-refractivity contribution in [3.05, 3.63) is 174 Å². The summed E-state index contributed by atoms with van der Waals surface area (Å²) in [5.41, 5.74) is 12.9. The third-order valence-corrected chi connectivity index (χ3v) is 12.4. The maximum absolute atomic E-state index is 10.2. The smallest absolute Gasteiger partial charge is 0.0992 e. The molecule has 55 heavy (non-hydrogen) atoms. The first kappa shape index (κ1) is 29.1. The highest BCUT2D eigenvalue weighted by atomic mass is 15.0. The van der Waals surface area contributed by atoms with Gasteiger partial charge in [0, 0.05) is 59.8 Å². The number of fused-ring (bicyclic) bond motifs is 14. The van der Waals surface area contributed by atoms with Crippen molar-refractivity contribution in [2.45, 2.75) is 12.5 Å². The van der Waals surface area contributed by atoms with Gasteiger partial charge >= 0.3 is 0 Å². The first-order chi connectivity index (χ1) is 27.2. The van der Waals surface area contributed by atoms with Crippen LogP contribution in [0, 0.1) is 11.3 Å². The number of aromatic nitrogens is 3. The minimum atomic E-state index is 0.189. The van der Waals surface area contributed by atoms with E-state index >= 15 is 0 Å². The monoisotopic (exact) mass is 698 g/mol. The van der Waals surface area contributed by atoms with Crippen LogP contribution in [0.2, 0.25) is 0 Å². The number of para-hydroxylation sites is 4. The maximum Gasteiger partial charge on any atom is 0.0992 e. The second-order valence-electron chi connectivity index (χ2n) is 15.2. The highest BCUT2D eigenvalue weighted by Gasteiger charge is 2.24. The van der Waals surface area contributed by atoms with Gasteiger partial charge < -0.3 is 13.5 Å². The van der Waals surface area contributed by atoms with Gasteiger partial charge in [0.05, 0.1) is 45.3 Å². The molecule has 0 saturated carbocycles. The van der Waals surface area contributed by atoms with Gasteiger partial charge in [-0.05, 0) is 101 Å². The Morgan fingerprint density at radius 3 is 1.73 bits per heavy atom. The largest absolute Gasteiger partial charge is 0.333 e. The van der Waals surface area contributed by atoms with Gasteiger partial charge in [0.2, 0.25) is 0 Å². The lowest BCUT2D eigenvalue weighted by molar-refractivity contribution is 0.636. The number of rotatable bonds is 2. The van der Waals surface area contributed by atoms with E-state index in [1.54, 1.807) is 0 Å². The summed E-state index contributed by atoms with van der Waals surface area (Å²) >= 11 is 0. The van der Waals surface area contributed by atoms with Gasteiger partial charge in [0.1, 0.15) is 0 Å². The van der Waals surface area contributed by atoms with Crippen LogP contribution in [0.25, 0.3) is 104 Å². The molecule has 12 aromatic rings. The van der Waals surface area contributed by atoms with Crippen LogP contribution in [0.3, 0.4) is 0 Å². The molecule has 4 aromatic heterocycles. The van der Waals surface area contributed by atoms with Gasteiger partial charge in [0.15, 0.2) is 0 Å². The average Bonchev–Trinajstić information content (AvgIpc) is 3.95. The lowest BCUT2D eigenvalue weighted by atomic mass is 9.92. The normalized spacial score (nSPS) is 14.6. The summed E-state index contributed by atoms with van der Waals surface area (Å²) in [4.78, 5) is 0. The Balaban J connectivity index is 1.05. The summed E-state index contributed by atoms with van der Waals surface area (Å²) in [6.07, 6.45) is 5.59. The fraction of sp³-hybridized carbons (Fsp3) is 0.0392. The molecular weight excluding hydrogens is 669 g/mol. The fourth-order valence-electron chi connectivity index (χ4n) is 10.1. The molecule has 0 radical (unpaired) electrons. The van der Waals surface area contributed by atoms with Crippen LogP contribution < -0.4 is 0 Å². The van der Waals surface area contributed by atoms with Gasteiger partial charge in [-0.15, -0.1) is 0 Å². The van der Waals surface area contributed by atoms with Gasteiger partial charge in [-0.25, -0.2) is 0 Å². The lowest BCUT2D eigenvalue weighted by Crippen LogP contribution is -2.13. The second kappa shape index (κ2) is 10.4. The van der Waals surface area contributed by atoms with E-state index in [-0.39, 0.29) is 6.04 Å². The molecule has 1 atom stereocenters. The SMILES string of the molecule is N#Cc1cc2c3cc4c(cc3n3c5cc6cc(-n7c8ccccc8c8ccccc87)ccc6cc5c(c1)c23)CC(n1c2ccccc2c2ccccc21)C=C4. The van der Waals surface area contributed by atoms with Crippen molar-refractivity contribution < 1.29 is 0 Å². The molecule has 0 aliphatic heterocycles.